The fraction of sp³-hybridized carbons (Fsp3) is 0.600. The van der Waals surface area contributed by atoms with Gasteiger partial charge in [0, 0.05) is 6.92 Å². The summed E-state index contributed by atoms with van der Waals surface area (Å²) < 4.78 is 10.2. The molecular formula is C5H8NO5P. The van der Waals surface area contributed by atoms with Crippen molar-refractivity contribution in [3.05, 3.63) is 0 Å². The molecule has 1 unspecified atom stereocenters. The quantitative estimate of drug-likeness (QED) is 0.501. The first-order chi connectivity index (χ1) is 5.43. The van der Waals surface area contributed by atoms with Crippen molar-refractivity contribution in [1.82, 2.24) is 5.32 Å². The van der Waals surface area contributed by atoms with E-state index in [0.29, 0.717) is 0 Å². The molecule has 0 aromatic rings. The summed E-state index contributed by atoms with van der Waals surface area (Å²) in [6.07, 6.45) is -0.531. The summed E-state index contributed by atoms with van der Waals surface area (Å²) in [6.45, 7) is 1.11. The van der Waals surface area contributed by atoms with E-state index >= 15 is 0 Å². The molecule has 0 aromatic heterocycles. The Morgan fingerprint density at radius 1 is 1.67 bits per heavy atom. The van der Waals surface area contributed by atoms with Gasteiger partial charge in [-0.3, -0.25) is 4.79 Å². The number of nitrogens with one attached hydrogen (secondary N) is 1. The molecule has 0 aliphatic heterocycles. The van der Waals surface area contributed by atoms with Crippen molar-refractivity contribution in [1.29, 1.82) is 0 Å². The average molecular weight is 193 g/mol. The van der Waals surface area contributed by atoms with Crippen LogP contribution in [0.4, 0.5) is 0 Å². The summed E-state index contributed by atoms with van der Waals surface area (Å²) >= 11 is 0. The van der Waals surface area contributed by atoms with Gasteiger partial charge in [0.25, 0.3) is 0 Å². The van der Waals surface area contributed by atoms with Gasteiger partial charge in [-0.05, 0) is 4.57 Å². The lowest BCUT2D eigenvalue weighted by molar-refractivity contribution is -0.307. The number of carboxylic acid groups (broad SMARTS) is 1. The van der Waals surface area contributed by atoms with Crippen LogP contribution in [0.15, 0.2) is 0 Å². The van der Waals surface area contributed by atoms with Crippen molar-refractivity contribution >= 4 is 19.9 Å². The molecule has 2 atom stereocenters. The highest BCUT2D eigenvalue weighted by atomic mass is 31.1. The highest BCUT2D eigenvalue weighted by Gasteiger charge is 2.22. The Morgan fingerprint density at radius 3 is 2.42 bits per heavy atom. The van der Waals surface area contributed by atoms with Gasteiger partial charge in [-0.15, -0.1) is 0 Å². The smallest absolute Gasteiger partial charge is 0.508 e. The van der Waals surface area contributed by atoms with E-state index in [2.05, 4.69) is 0 Å². The standard InChI is InChI=1S/C5H8NO5P/c1-3(7)6-4(5(8)9)2-12(10)11/h4H,2H2,1H3,(H2-,6,7,8,9,10,11)/t4-/m1/s1. The van der Waals surface area contributed by atoms with E-state index in [1.807, 2.05) is 5.32 Å². The molecule has 0 bridgehead atoms. The van der Waals surface area contributed by atoms with Crippen molar-refractivity contribution < 1.29 is 24.2 Å². The number of hydrogen-bond donors (Lipinski definition) is 2. The van der Waals surface area contributed by atoms with E-state index in [1.54, 1.807) is 0 Å². The van der Waals surface area contributed by atoms with Crippen LogP contribution >= 0.6 is 8.03 Å². The van der Waals surface area contributed by atoms with Crippen LogP contribution in [-0.2, 0) is 14.2 Å². The number of aliphatic carboxylic acids is 1. The molecule has 0 rings (SSSR count). The normalized spacial score (nSPS) is 13.3. The molecule has 2 N–H and O–H groups in total. The molecule has 6 nitrogen and oxygen atoms in total. The third-order valence-electron chi connectivity index (χ3n) is 1.00. The van der Waals surface area contributed by atoms with Crippen molar-refractivity contribution in [3.8, 4) is 0 Å². The van der Waals surface area contributed by atoms with E-state index in [1.165, 1.54) is 0 Å². The van der Waals surface area contributed by atoms with Gasteiger partial charge in [0.1, 0.15) is 6.04 Å². The fourth-order valence-electron chi connectivity index (χ4n) is 0.581. The third-order valence-corrected chi connectivity index (χ3v) is 1.68. The van der Waals surface area contributed by atoms with E-state index in [-0.39, 0.29) is 0 Å². The summed E-state index contributed by atoms with van der Waals surface area (Å²) in [5.74, 6) is -2.15. The van der Waals surface area contributed by atoms with Crippen LogP contribution in [0.1, 0.15) is 6.92 Å². The Hall–Kier alpha value is -1.00. The lowest BCUT2D eigenvalue weighted by atomic mass is 10.3. The zero-order valence-electron chi connectivity index (χ0n) is 6.31. The van der Waals surface area contributed by atoms with E-state index in [9.17, 15) is 19.3 Å². The van der Waals surface area contributed by atoms with Crippen LogP contribution in [0.2, 0.25) is 0 Å². The van der Waals surface area contributed by atoms with Crippen molar-refractivity contribution in [3.63, 3.8) is 0 Å². The molecule has 0 radical (unpaired) electrons. The Kier molecular flexibility index (Phi) is 4.39. The minimum atomic E-state index is -2.59. The van der Waals surface area contributed by atoms with Gasteiger partial charge in [-0.1, -0.05) is 0 Å². The molecule has 1 amide bonds. The largest absolute Gasteiger partial charge is 0.548 e. The second-order valence-corrected chi connectivity index (χ2v) is 3.18. The van der Waals surface area contributed by atoms with Crippen molar-refractivity contribution in [2.75, 3.05) is 6.16 Å². The van der Waals surface area contributed by atoms with Crippen LogP contribution in [-0.4, -0.2) is 29.0 Å². The predicted molar refractivity (Wildman–Crippen MR) is 37.3 cm³/mol. The zero-order chi connectivity index (χ0) is 9.72. The Balaban J connectivity index is 4.14. The topological polar surface area (TPSA) is 107 Å². The molecule has 0 saturated carbocycles. The second-order valence-electron chi connectivity index (χ2n) is 2.11. The van der Waals surface area contributed by atoms with Crippen molar-refractivity contribution in [2.24, 2.45) is 0 Å². The summed E-state index contributed by atoms with van der Waals surface area (Å²) in [4.78, 5) is 28.9. The van der Waals surface area contributed by atoms with Crippen molar-refractivity contribution in [2.45, 2.75) is 13.0 Å². The number of hydrogen-bond acceptors (Lipinski definition) is 4. The van der Waals surface area contributed by atoms with Gasteiger partial charge in [0.05, 0.1) is 5.97 Å². The maximum Gasteiger partial charge on any atom is 0.508 e. The molecule has 0 heterocycles. The first-order valence-electron chi connectivity index (χ1n) is 3.05. The molecule has 68 valence electrons. The van der Waals surface area contributed by atoms with Gasteiger partial charge in [0.15, 0.2) is 0 Å². The van der Waals surface area contributed by atoms with Crippen LogP contribution in [0.25, 0.3) is 0 Å². The molecule has 0 spiro atoms. The molecule has 0 aliphatic carbocycles. The SMILES string of the molecule is CC(=O)N[C@H](C[P+](=O)O)C(=O)[O-]. The molecule has 0 aliphatic rings. The van der Waals surface area contributed by atoms with Gasteiger partial charge >= 0.3 is 8.03 Å². The lowest BCUT2D eigenvalue weighted by Crippen LogP contribution is -2.48. The monoisotopic (exact) mass is 193 g/mol. The second kappa shape index (κ2) is 4.79. The van der Waals surface area contributed by atoms with E-state index in [0.717, 1.165) is 6.92 Å². The van der Waals surface area contributed by atoms with Gasteiger partial charge in [-0.2, -0.15) is 4.89 Å². The maximum atomic E-state index is 10.4. The minimum absolute atomic E-state index is 0.531. The third kappa shape index (κ3) is 4.76. The average Bonchev–Trinajstić information content (AvgIpc) is 1.83. The molecule has 0 aromatic carbocycles. The summed E-state index contributed by atoms with van der Waals surface area (Å²) in [6, 6.07) is -1.39. The fourth-order valence-corrected chi connectivity index (χ4v) is 1.13. The Morgan fingerprint density at radius 2 is 2.17 bits per heavy atom. The predicted octanol–water partition coefficient (Wildman–Crippen LogP) is -2.02. The highest BCUT2D eigenvalue weighted by Crippen LogP contribution is 2.13. The minimum Gasteiger partial charge on any atom is -0.548 e. The Bertz CT molecular complexity index is 200. The number of rotatable bonds is 4. The highest BCUT2D eigenvalue weighted by molar-refractivity contribution is 7.38. The first-order valence-corrected chi connectivity index (χ1v) is 4.44. The van der Waals surface area contributed by atoms with Crippen LogP contribution in [0.5, 0.6) is 0 Å². The lowest BCUT2D eigenvalue weighted by Gasteiger charge is -2.12. The summed E-state index contributed by atoms with van der Waals surface area (Å²) in [5.41, 5.74) is 0. The van der Waals surface area contributed by atoms with E-state index < -0.39 is 32.1 Å². The molecular weight excluding hydrogens is 185 g/mol. The van der Waals surface area contributed by atoms with Gasteiger partial charge in [-0.25, -0.2) is 0 Å². The van der Waals surface area contributed by atoms with Gasteiger partial charge in [0.2, 0.25) is 12.1 Å². The zero-order valence-corrected chi connectivity index (χ0v) is 7.21. The van der Waals surface area contributed by atoms with Crippen LogP contribution < -0.4 is 10.4 Å². The van der Waals surface area contributed by atoms with E-state index in [4.69, 9.17) is 4.89 Å². The maximum absolute atomic E-state index is 10.4. The summed E-state index contributed by atoms with van der Waals surface area (Å²) in [5, 5.41) is 12.2. The molecule has 0 fully saturated rings. The molecule has 0 saturated heterocycles. The number of carbonyl (C=O) groups excluding carboxylic acids is 2. The van der Waals surface area contributed by atoms with Crippen LogP contribution in [0, 0.1) is 0 Å². The number of carboxylic acids is 1. The van der Waals surface area contributed by atoms with Gasteiger partial charge < -0.3 is 15.2 Å². The first kappa shape index (κ1) is 11.0. The van der Waals surface area contributed by atoms with Crippen LogP contribution in [0.3, 0.4) is 0 Å². The Labute approximate surface area is 69.5 Å². The molecule has 12 heavy (non-hydrogen) atoms. The number of carbonyl (C=O) groups is 2. The number of amides is 1. The molecule has 7 heteroatoms. The summed E-state index contributed by atoms with van der Waals surface area (Å²) in [7, 11) is -2.59.